The van der Waals surface area contributed by atoms with E-state index < -0.39 is 12.0 Å². The van der Waals surface area contributed by atoms with Crippen molar-refractivity contribution in [3.05, 3.63) is 100 Å². The van der Waals surface area contributed by atoms with Crippen molar-refractivity contribution in [3.8, 4) is 11.5 Å². The highest BCUT2D eigenvalue weighted by Gasteiger charge is 2.33. The molecular formula is C27H24Br2N2O5S. The van der Waals surface area contributed by atoms with Crippen molar-refractivity contribution in [1.82, 2.24) is 4.57 Å². The van der Waals surface area contributed by atoms with E-state index in [1.165, 1.54) is 11.3 Å². The van der Waals surface area contributed by atoms with E-state index in [2.05, 4.69) is 43.4 Å². The van der Waals surface area contributed by atoms with E-state index in [0.29, 0.717) is 38.7 Å². The molecule has 0 aliphatic carbocycles. The normalized spacial score (nSPS) is 15.2. The third-order valence-corrected chi connectivity index (χ3v) is 7.77. The van der Waals surface area contributed by atoms with Crippen LogP contribution in [0, 0.1) is 0 Å². The fraction of sp³-hybridized carbons (Fsp3) is 0.222. The molecule has 192 valence electrons. The average Bonchev–Trinajstić information content (AvgIpc) is 3.17. The number of benzene rings is 2. The van der Waals surface area contributed by atoms with Crippen LogP contribution in [-0.4, -0.2) is 30.9 Å². The van der Waals surface area contributed by atoms with Gasteiger partial charge < -0.3 is 14.2 Å². The number of hydrogen-bond donors (Lipinski definition) is 0. The minimum absolute atomic E-state index is 0.214. The van der Waals surface area contributed by atoms with Gasteiger partial charge >= 0.3 is 5.97 Å². The second kappa shape index (κ2) is 11.6. The van der Waals surface area contributed by atoms with E-state index in [4.69, 9.17) is 14.2 Å². The van der Waals surface area contributed by atoms with E-state index in [1.54, 1.807) is 49.8 Å². The molecule has 0 spiro atoms. The maximum Gasteiger partial charge on any atom is 0.338 e. The lowest BCUT2D eigenvalue weighted by Crippen LogP contribution is -2.39. The number of allylic oxidation sites excluding steroid dienone is 1. The topological polar surface area (TPSA) is 79.1 Å². The van der Waals surface area contributed by atoms with Crippen molar-refractivity contribution in [3.63, 3.8) is 0 Å². The first-order valence-electron chi connectivity index (χ1n) is 11.3. The molecule has 7 nitrogen and oxygen atoms in total. The van der Waals surface area contributed by atoms with Crippen LogP contribution < -0.4 is 24.4 Å². The van der Waals surface area contributed by atoms with E-state index in [1.807, 2.05) is 24.3 Å². The lowest BCUT2D eigenvalue weighted by Gasteiger charge is -2.24. The van der Waals surface area contributed by atoms with Crippen LogP contribution >= 0.6 is 43.2 Å². The molecule has 1 aromatic heterocycles. The fourth-order valence-electron chi connectivity index (χ4n) is 3.99. The summed E-state index contributed by atoms with van der Waals surface area (Å²) in [5, 5.41) is 0. The number of methoxy groups -OCH3 is 1. The van der Waals surface area contributed by atoms with Gasteiger partial charge in [0.1, 0.15) is 18.1 Å². The van der Waals surface area contributed by atoms with Crippen molar-refractivity contribution in [2.45, 2.75) is 19.9 Å². The third-order valence-electron chi connectivity index (χ3n) is 5.61. The number of carbonyl (C=O) groups is 1. The second-order valence-corrected chi connectivity index (χ2v) is 10.7. The molecule has 1 aliphatic rings. The van der Waals surface area contributed by atoms with Gasteiger partial charge in [-0.25, -0.2) is 9.79 Å². The second-order valence-electron chi connectivity index (χ2n) is 7.99. The molecular weight excluding hydrogens is 624 g/mol. The minimum Gasteiger partial charge on any atom is -0.497 e. The summed E-state index contributed by atoms with van der Waals surface area (Å²) >= 11 is 8.34. The van der Waals surface area contributed by atoms with Crippen molar-refractivity contribution in [1.29, 1.82) is 0 Å². The van der Waals surface area contributed by atoms with E-state index in [9.17, 15) is 9.59 Å². The highest BCUT2D eigenvalue weighted by atomic mass is 79.9. The highest BCUT2D eigenvalue weighted by Crippen LogP contribution is 2.35. The van der Waals surface area contributed by atoms with Crippen LogP contribution in [0.1, 0.15) is 31.0 Å². The first-order valence-corrected chi connectivity index (χ1v) is 13.8. The molecule has 0 fully saturated rings. The Morgan fingerprint density at radius 2 is 1.89 bits per heavy atom. The van der Waals surface area contributed by atoms with Crippen molar-refractivity contribution in [2.75, 3.05) is 20.3 Å². The number of thiazole rings is 1. The van der Waals surface area contributed by atoms with Gasteiger partial charge in [-0.05, 0) is 87.2 Å². The molecule has 3 aromatic rings. The highest BCUT2D eigenvalue weighted by molar-refractivity contribution is 9.11. The lowest BCUT2D eigenvalue weighted by atomic mass is 9.96. The summed E-state index contributed by atoms with van der Waals surface area (Å²) in [5.41, 5.74) is 2.14. The Morgan fingerprint density at radius 3 is 2.49 bits per heavy atom. The van der Waals surface area contributed by atoms with Crippen LogP contribution in [0.5, 0.6) is 11.5 Å². The van der Waals surface area contributed by atoms with Gasteiger partial charge in [0.15, 0.2) is 4.80 Å². The predicted octanol–water partition coefficient (Wildman–Crippen LogP) is 4.90. The predicted molar refractivity (Wildman–Crippen MR) is 151 cm³/mol. The van der Waals surface area contributed by atoms with Crippen LogP contribution in [0.3, 0.4) is 0 Å². The molecule has 2 heterocycles. The van der Waals surface area contributed by atoms with Crippen LogP contribution in [0.4, 0.5) is 0 Å². The Morgan fingerprint density at radius 1 is 1.22 bits per heavy atom. The molecule has 2 aromatic carbocycles. The number of ether oxygens (including phenoxy) is 3. The number of nitrogens with zero attached hydrogens (tertiary/aromatic N) is 2. The lowest BCUT2D eigenvalue weighted by molar-refractivity contribution is -0.139. The molecule has 0 unspecified atom stereocenters. The number of halogens is 2. The van der Waals surface area contributed by atoms with Crippen LogP contribution in [0.2, 0.25) is 0 Å². The number of fused-ring (bicyclic) bond motifs is 1. The molecule has 37 heavy (non-hydrogen) atoms. The number of carbonyl (C=O) groups excluding carboxylic acids is 1. The monoisotopic (exact) mass is 646 g/mol. The van der Waals surface area contributed by atoms with Gasteiger partial charge in [0.05, 0.1) is 44.5 Å². The summed E-state index contributed by atoms with van der Waals surface area (Å²) in [5.74, 6) is 0.820. The van der Waals surface area contributed by atoms with Gasteiger partial charge in [-0.2, -0.15) is 0 Å². The third kappa shape index (κ3) is 5.51. The molecule has 0 N–H and O–H groups in total. The summed E-state index contributed by atoms with van der Waals surface area (Å²) in [7, 11) is 1.58. The van der Waals surface area contributed by atoms with Crippen LogP contribution in [-0.2, 0) is 9.53 Å². The van der Waals surface area contributed by atoms with Gasteiger partial charge in [-0.3, -0.25) is 9.36 Å². The average molecular weight is 648 g/mol. The summed E-state index contributed by atoms with van der Waals surface area (Å²) < 4.78 is 19.8. The largest absolute Gasteiger partial charge is 0.497 e. The number of aromatic nitrogens is 1. The summed E-state index contributed by atoms with van der Waals surface area (Å²) in [6, 6.07) is 10.3. The molecule has 4 rings (SSSR count). The minimum atomic E-state index is -0.684. The molecule has 0 bridgehead atoms. The Labute approximate surface area is 234 Å². The van der Waals surface area contributed by atoms with Crippen molar-refractivity contribution >= 4 is 55.2 Å². The van der Waals surface area contributed by atoms with Gasteiger partial charge in [-0.15, -0.1) is 0 Å². The van der Waals surface area contributed by atoms with E-state index >= 15 is 0 Å². The Hall–Kier alpha value is -2.95. The maximum absolute atomic E-state index is 13.8. The smallest absolute Gasteiger partial charge is 0.338 e. The number of esters is 1. The summed E-state index contributed by atoms with van der Waals surface area (Å²) in [6.07, 6.45) is 3.46. The zero-order valence-corrected chi connectivity index (χ0v) is 24.4. The molecule has 0 radical (unpaired) electrons. The van der Waals surface area contributed by atoms with Crippen molar-refractivity contribution < 1.29 is 19.0 Å². The zero-order valence-electron chi connectivity index (χ0n) is 20.4. The first-order chi connectivity index (χ1) is 17.8. The van der Waals surface area contributed by atoms with Gasteiger partial charge in [0.2, 0.25) is 0 Å². The number of rotatable bonds is 8. The van der Waals surface area contributed by atoms with Gasteiger partial charge in [0.25, 0.3) is 5.56 Å². The first kappa shape index (κ1) is 27.1. The van der Waals surface area contributed by atoms with Crippen LogP contribution in [0.15, 0.2) is 79.1 Å². The molecule has 0 amide bonds. The fourth-order valence-corrected chi connectivity index (χ4v) is 6.48. The molecule has 0 saturated heterocycles. The molecule has 1 aliphatic heterocycles. The SMILES string of the molecule is C=CCOc1c(Br)cc(/C=c2\sc3n(c2=O)[C@@H](c2ccc(OC)cc2)C(C(=O)OCC)=C(C)N=3)cc1Br. The molecule has 1 atom stereocenters. The quantitative estimate of drug-likeness (QED) is 0.257. The number of hydrogen-bond acceptors (Lipinski definition) is 7. The van der Waals surface area contributed by atoms with Crippen LogP contribution in [0.25, 0.3) is 6.08 Å². The Bertz CT molecular complexity index is 1550. The van der Waals surface area contributed by atoms with E-state index in [-0.39, 0.29) is 12.2 Å². The molecule has 0 saturated carbocycles. The van der Waals surface area contributed by atoms with Gasteiger partial charge in [-0.1, -0.05) is 36.1 Å². The van der Waals surface area contributed by atoms with Crippen molar-refractivity contribution in [2.24, 2.45) is 4.99 Å². The molecule has 10 heteroatoms. The summed E-state index contributed by atoms with van der Waals surface area (Å²) in [6.45, 7) is 7.76. The van der Waals surface area contributed by atoms with E-state index in [0.717, 1.165) is 20.1 Å². The zero-order chi connectivity index (χ0) is 26.7. The summed E-state index contributed by atoms with van der Waals surface area (Å²) in [4.78, 5) is 31.9. The Balaban J connectivity index is 1.88. The standard InChI is InChI=1S/C27H24Br2N2O5S/c1-5-11-36-24-19(28)12-16(13-20(24)29)14-21-25(32)31-23(17-7-9-18(34-4)10-8-17)22(26(33)35-6-2)15(3)30-27(31)37-21/h5,7-10,12-14,23H,1,6,11H2,2-4H3/b21-14-/t23-/m0/s1. The van der Waals surface area contributed by atoms with Gasteiger partial charge in [0, 0.05) is 0 Å². The Kier molecular flexibility index (Phi) is 8.51. The maximum atomic E-state index is 13.8.